The average Bonchev–Trinajstić information content (AvgIpc) is 3.01. The number of rotatable bonds is 1. The summed E-state index contributed by atoms with van der Waals surface area (Å²) in [5.41, 5.74) is 4.45. The molecule has 3 aromatic rings. The molecule has 2 atom stereocenters. The highest BCUT2D eigenvalue weighted by molar-refractivity contribution is 6.24. The number of anilines is 1. The second kappa shape index (κ2) is 5.67. The Hall–Kier alpha value is -3.24. The van der Waals surface area contributed by atoms with E-state index < -0.39 is 17.4 Å². The van der Waals surface area contributed by atoms with Crippen molar-refractivity contribution < 1.29 is 14.7 Å². The minimum Gasteiger partial charge on any atom is -0.379 e. The largest absolute Gasteiger partial charge is 0.379 e. The van der Waals surface area contributed by atoms with Crippen LogP contribution in [0.25, 0.3) is 0 Å². The summed E-state index contributed by atoms with van der Waals surface area (Å²) in [5.74, 6) is -2.19. The van der Waals surface area contributed by atoms with Gasteiger partial charge in [0.15, 0.2) is 0 Å². The first-order chi connectivity index (χ1) is 14.4. The quantitative estimate of drug-likeness (QED) is 0.638. The Morgan fingerprint density at radius 1 is 0.833 bits per heavy atom. The van der Waals surface area contributed by atoms with Crippen LogP contribution in [0.1, 0.15) is 39.3 Å². The fourth-order valence-electron chi connectivity index (χ4n) is 6.03. The van der Waals surface area contributed by atoms with E-state index in [1.807, 2.05) is 80.6 Å². The molecule has 4 heteroatoms. The molecule has 1 saturated heterocycles. The fraction of sp³-hybridized carbons (Fsp3) is 0.231. The smallest absolute Gasteiger partial charge is 0.241 e. The standard InChI is InChI=1S/C26H21NO3/c1-14-11-12-20(15(2)13-14)27-24(28)22-21-16-7-3-5-9-18(16)26(30,23(22)25(27)29)19-10-6-4-8-17(19)21/h3-13,21-23,30H,1-2H3/t21?,22-,23+,26?/m0/s1. The van der Waals surface area contributed by atoms with Gasteiger partial charge >= 0.3 is 0 Å². The van der Waals surface area contributed by atoms with Crippen LogP contribution in [-0.4, -0.2) is 16.9 Å². The molecule has 0 unspecified atom stereocenters. The average molecular weight is 395 g/mol. The van der Waals surface area contributed by atoms with Crippen LogP contribution in [0.15, 0.2) is 66.7 Å². The summed E-state index contributed by atoms with van der Waals surface area (Å²) < 4.78 is 0. The molecule has 0 spiro atoms. The van der Waals surface area contributed by atoms with E-state index in [0.29, 0.717) is 5.69 Å². The molecule has 4 aliphatic rings. The third kappa shape index (κ3) is 1.90. The van der Waals surface area contributed by atoms with Crippen molar-refractivity contribution >= 4 is 17.5 Å². The van der Waals surface area contributed by atoms with E-state index in [2.05, 4.69) is 0 Å². The molecule has 1 heterocycles. The van der Waals surface area contributed by atoms with E-state index in [1.165, 1.54) is 4.90 Å². The molecule has 3 aliphatic carbocycles. The summed E-state index contributed by atoms with van der Waals surface area (Å²) >= 11 is 0. The highest BCUT2D eigenvalue weighted by atomic mass is 16.3. The van der Waals surface area contributed by atoms with E-state index in [-0.39, 0.29) is 17.7 Å². The van der Waals surface area contributed by atoms with Crippen LogP contribution in [0.2, 0.25) is 0 Å². The van der Waals surface area contributed by atoms with E-state index in [1.54, 1.807) is 0 Å². The first kappa shape index (κ1) is 17.6. The lowest BCUT2D eigenvalue weighted by Gasteiger charge is -2.51. The molecular formula is C26H21NO3. The number of carbonyl (C=O) groups excluding carboxylic acids is 2. The van der Waals surface area contributed by atoms with Crippen molar-refractivity contribution in [3.63, 3.8) is 0 Å². The SMILES string of the molecule is Cc1ccc(N2C(=O)[C@H]3C4c5ccccc5C(O)(c5ccccc54)[C@H]3C2=O)c(C)c1. The van der Waals surface area contributed by atoms with Crippen LogP contribution >= 0.6 is 0 Å². The number of hydrogen-bond acceptors (Lipinski definition) is 3. The minimum absolute atomic E-state index is 0.218. The van der Waals surface area contributed by atoms with Crippen molar-refractivity contribution in [1.29, 1.82) is 0 Å². The predicted octanol–water partition coefficient (Wildman–Crippen LogP) is 3.80. The molecule has 2 amide bonds. The van der Waals surface area contributed by atoms with Gasteiger partial charge in [0.25, 0.3) is 0 Å². The van der Waals surface area contributed by atoms with Crippen molar-refractivity contribution in [2.45, 2.75) is 25.4 Å². The number of aliphatic hydroxyl groups is 1. The number of amides is 2. The molecular weight excluding hydrogens is 374 g/mol. The number of benzene rings is 3. The van der Waals surface area contributed by atoms with Gasteiger partial charge < -0.3 is 5.11 Å². The molecule has 1 fully saturated rings. The number of nitrogens with zero attached hydrogens (tertiary/aromatic N) is 1. The predicted molar refractivity (Wildman–Crippen MR) is 113 cm³/mol. The minimum atomic E-state index is -1.51. The maximum Gasteiger partial charge on any atom is 0.241 e. The Morgan fingerprint density at radius 3 is 2.03 bits per heavy atom. The monoisotopic (exact) mass is 395 g/mol. The zero-order valence-corrected chi connectivity index (χ0v) is 16.8. The van der Waals surface area contributed by atoms with Crippen LogP contribution < -0.4 is 4.90 Å². The Balaban J connectivity index is 1.62. The molecule has 7 rings (SSSR count). The summed E-state index contributed by atoms with van der Waals surface area (Å²) in [6.45, 7) is 3.90. The summed E-state index contributed by atoms with van der Waals surface area (Å²) in [7, 11) is 0. The third-order valence-electron chi connectivity index (χ3n) is 7.17. The number of carbonyl (C=O) groups is 2. The normalized spacial score (nSPS) is 28.4. The third-order valence-corrected chi connectivity index (χ3v) is 7.17. The number of imide groups is 1. The molecule has 3 aromatic carbocycles. The van der Waals surface area contributed by atoms with Gasteiger partial charge in [0.2, 0.25) is 11.8 Å². The highest BCUT2D eigenvalue weighted by Gasteiger charge is 2.68. The fourth-order valence-corrected chi connectivity index (χ4v) is 6.03. The number of aryl methyl sites for hydroxylation is 2. The Kier molecular flexibility index (Phi) is 3.33. The Morgan fingerprint density at radius 2 is 1.43 bits per heavy atom. The lowest BCUT2D eigenvalue weighted by molar-refractivity contribution is -0.133. The molecule has 0 saturated carbocycles. The lowest BCUT2D eigenvalue weighted by atomic mass is 9.52. The molecule has 30 heavy (non-hydrogen) atoms. The highest BCUT2D eigenvalue weighted by Crippen LogP contribution is 2.63. The van der Waals surface area contributed by atoms with Crippen molar-refractivity contribution in [3.8, 4) is 0 Å². The van der Waals surface area contributed by atoms with Gasteiger partial charge in [-0.3, -0.25) is 9.59 Å². The first-order valence-corrected chi connectivity index (χ1v) is 10.3. The van der Waals surface area contributed by atoms with Gasteiger partial charge in [-0.25, -0.2) is 4.90 Å². The van der Waals surface area contributed by atoms with Crippen molar-refractivity contribution in [3.05, 3.63) is 100 Å². The van der Waals surface area contributed by atoms with Crippen LogP contribution in [0.4, 0.5) is 5.69 Å². The molecule has 4 nitrogen and oxygen atoms in total. The zero-order valence-electron chi connectivity index (χ0n) is 16.8. The zero-order chi connectivity index (χ0) is 20.8. The second-order valence-corrected chi connectivity index (χ2v) is 8.72. The van der Waals surface area contributed by atoms with Gasteiger partial charge in [0.1, 0.15) is 5.60 Å². The van der Waals surface area contributed by atoms with Crippen molar-refractivity contribution in [2.75, 3.05) is 4.90 Å². The van der Waals surface area contributed by atoms with E-state index in [4.69, 9.17) is 0 Å². The number of hydrogen-bond donors (Lipinski definition) is 1. The van der Waals surface area contributed by atoms with Gasteiger partial charge in [0, 0.05) is 5.92 Å². The van der Waals surface area contributed by atoms with Crippen LogP contribution in [0, 0.1) is 25.7 Å². The Labute approximate surface area is 174 Å². The van der Waals surface area contributed by atoms with Crippen molar-refractivity contribution in [1.82, 2.24) is 0 Å². The molecule has 0 radical (unpaired) electrons. The summed E-state index contributed by atoms with van der Waals surface area (Å²) in [6, 6.07) is 21.1. The molecule has 2 bridgehead atoms. The molecule has 148 valence electrons. The summed E-state index contributed by atoms with van der Waals surface area (Å²) in [6.07, 6.45) is 0. The van der Waals surface area contributed by atoms with Gasteiger partial charge in [-0.15, -0.1) is 0 Å². The summed E-state index contributed by atoms with van der Waals surface area (Å²) in [4.78, 5) is 28.8. The van der Waals surface area contributed by atoms with Crippen molar-refractivity contribution in [2.24, 2.45) is 11.8 Å². The Bertz CT molecular complexity index is 1210. The topological polar surface area (TPSA) is 57.6 Å². The maximum absolute atomic E-state index is 13.7. The molecule has 0 aromatic heterocycles. The molecule has 1 aliphatic heterocycles. The van der Waals surface area contributed by atoms with Crippen LogP contribution in [0.5, 0.6) is 0 Å². The second-order valence-electron chi connectivity index (χ2n) is 8.72. The summed E-state index contributed by atoms with van der Waals surface area (Å²) in [5, 5.41) is 12.2. The first-order valence-electron chi connectivity index (χ1n) is 10.3. The van der Waals surface area contributed by atoms with Gasteiger partial charge in [-0.05, 0) is 47.7 Å². The van der Waals surface area contributed by atoms with Crippen LogP contribution in [0.3, 0.4) is 0 Å². The van der Waals surface area contributed by atoms with E-state index in [0.717, 1.165) is 33.4 Å². The molecule has 1 N–H and O–H groups in total. The van der Waals surface area contributed by atoms with Gasteiger partial charge in [-0.1, -0.05) is 66.2 Å². The lowest BCUT2D eigenvalue weighted by Crippen LogP contribution is -2.53. The van der Waals surface area contributed by atoms with Gasteiger partial charge in [0.05, 0.1) is 17.5 Å². The van der Waals surface area contributed by atoms with Crippen LogP contribution in [-0.2, 0) is 15.2 Å². The van der Waals surface area contributed by atoms with Gasteiger partial charge in [-0.2, -0.15) is 0 Å². The maximum atomic E-state index is 13.7. The van der Waals surface area contributed by atoms with E-state index in [9.17, 15) is 14.7 Å². The van der Waals surface area contributed by atoms with E-state index >= 15 is 0 Å².